The van der Waals surface area contributed by atoms with E-state index in [2.05, 4.69) is 42.2 Å². The number of nitrogens with one attached hydrogen (secondary N) is 1. The highest BCUT2D eigenvalue weighted by atomic mass is 15.2. The predicted octanol–water partition coefficient (Wildman–Crippen LogP) is 3.09. The van der Waals surface area contributed by atoms with Crippen molar-refractivity contribution in [2.45, 2.75) is 33.2 Å². The number of hydrogen-bond acceptors (Lipinski definition) is 2. The first kappa shape index (κ1) is 11.8. The summed E-state index contributed by atoms with van der Waals surface area (Å²) >= 11 is 0. The van der Waals surface area contributed by atoms with Crippen molar-refractivity contribution >= 4 is 5.95 Å². The zero-order valence-electron chi connectivity index (χ0n) is 9.90. The lowest BCUT2D eigenvalue weighted by Crippen LogP contribution is -2.12. The number of rotatable bonds is 6. The van der Waals surface area contributed by atoms with Crippen molar-refractivity contribution in [2.24, 2.45) is 5.92 Å². The minimum atomic E-state index is 0.486. The van der Waals surface area contributed by atoms with Crippen molar-refractivity contribution in [1.29, 1.82) is 0 Å². The van der Waals surface area contributed by atoms with Gasteiger partial charge >= 0.3 is 0 Å². The molecule has 0 bridgehead atoms. The summed E-state index contributed by atoms with van der Waals surface area (Å²) < 4.78 is 2.18. The highest BCUT2D eigenvalue weighted by Gasteiger charge is 2.10. The molecule has 1 heterocycles. The number of imidazole rings is 1. The summed E-state index contributed by atoms with van der Waals surface area (Å²) in [5.74, 6) is 1.64. The van der Waals surface area contributed by atoms with Gasteiger partial charge in [0.25, 0.3) is 0 Å². The zero-order valence-corrected chi connectivity index (χ0v) is 9.90. The fraction of sp³-hybridized carbons (Fsp3) is 0.583. The Bertz CT molecular complexity index is 302. The lowest BCUT2D eigenvalue weighted by atomic mass is 10.1. The fourth-order valence-corrected chi connectivity index (χ4v) is 1.76. The maximum Gasteiger partial charge on any atom is 0.203 e. The molecule has 3 nitrogen and oxygen atoms in total. The van der Waals surface area contributed by atoms with Crippen LogP contribution in [0.15, 0.2) is 25.0 Å². The predicted molar refractivity (Wildman–Crippen MR) is 65.1 cm³/mol. The van der Waals surface area contributed by atoms with E-state index in [0.29, 0.717) is 12.0 Å². The molecule has 0 aliphatic heterocycles. The third-order valence-electron chi connectivity index (χ3n) is 2.36. The zero-order chi connectivity index (χ0) is 11.3. The summed E-state index contributed by atoms with van der Waals surface area (Å²) in [7, 11) is 0. The van der Waals surface area contributed by atoms with Crippen LogP contribution in [0.2, 0.25) is 0 Å². The summed E-state index contributed by atoms with van der Waals surface area (Å²) in [4.78, 5) is 4.29. The van der Waals surface area contributed by atoms with E-state index in [4.69, 9.17) is 0 Å². The molecule has 0 radical (unpaired) electrons. The topological polar surface area (TPSA) is 29.9 Å². The quantitative estimate of drug-likeness (QED) is 0.726. The second-order valence-corrected chi connectivity index (χ2v) is 4.31. The highest BCUT2D eigenvalue weighted by Crippen LogP contribution is 2.20. The molecule has 3 heteroatoms. The molecule has 1 rings (SSSR count). The number of hydrogen-bond donors (Lipinski definition) is 1. The van der Waals surface area contributed by atoms with Gasteiger partial charge < -0.3 is 9.88 Å². The molecule has 84 valence electrons. The average Bonchev–Trinajstić information content (AvgIpc) is 2.61. The van der Waals surface area contributed by atoms with E-state index < -0.39 is 0 Å². The lowest BCUT2D eigenvalue weighted by molar-refractivity contribution is 0.431. The molecule has 0 saturated carbocycles. The first-order chi connectivity index (χ1) is 7.15. The Morgan fingerprint density at radius 2 is 2.27 bits per heavy atom. The third-order valence-corrected chi connectivity index (χ3v) is 2.36. The van der Waals surface area contributed by atoms with Crippen LogP contribution in [-0.4, -0.2) is 16.1 Å². The standard InChI is InChI=1S/C12H21N3/c1-5-6-13-12-14-7-8-15(12)11(4)9-10(2)3/h5,7-8,10-11H,1,6,9H2,2-4H3,(H,13,14). The molecule has 1 aromatic rings. The van der Waals surface area contributed by atoms with E-state index >= 15 is 0 Å². The highest BCUT2D eigenvalue weighted by molar-refractivity contribution is 5.27. The molecule has 0 aromatic carbocycles. The van der Waals surface area contributed by atoms with Gasteiger partial charge in [0.1, 0.15) is 0 Å². The van der Waals surface area contributed by atoms with E-state index in [1.54, 1.807) is 0 Å². The minimum Gasteiger partial charge on any atom is -0.352 e. The summed E-state index contributed by atoms with van der Waals surface area (Å²) in [6, 6.07) is 0.486. The Balaban J connectivity index is 2.66. The van der Waals surface area contributed by atoms with Crippen LogP contribution >= 0.6 is 0 Å². The Kier molecular flexibility index (Phi) is 4.40. The summed E-state index contributed by atoms with van der Waals surface area (Å²) in [6.45, 7) is 11.1. The second-order valence-electron chi connectivity index (χ2n) is 4.31. The van der Waals surface area contributed by atoms with E-state index in [1.807, 2.05) is 18.5 Å². The number of anilines is 1. The summed E-state index contributed by atoms with van der Waals surface area (Å²) in [5.41, 5.74) is 0. The Morgan fingerprint density at radius 3 is 2.87 bits per heavy atom. The van der Waals surface area contributed by atoms with Gasteiger partial charge in [-0.05, 0) is 19.3 Å². The van der Waals surface area contributed by atoms with Crippen LogP contribution in [0.4, 0.5) is 5.95 Å². The molecule has 0 amide bonds. The molecule has 0 spiro atoms. The lowest BCUT2D eigenvalue weighted by Gasteiger charge is -2.18. The van der Waals surface area contributed by atoms with Gasteiger partial charge in [-0.15, -0.1) is 6.58 Å². The summed E-state index contributed by atoms with van der Waals surface area (Å²) in [5, 5.41) is 3.23. The van der Waals surface area contributed by atoms with Gasteiger partial charge in [-0.2, -0.15) is 0 Å². The van der Waals surface area contributed by atoms with Crippen LogP contribution in [0.25, 0.3) is 0 Å². The molecule has 0 fully saturated rings. The van der Waals surface area contributed by atoms with Gasteiger partial charge in [0, 0.05) is 25.0 Å². The van der Waals surface area contributed by atoms with Gasteiger partial charge in [-0.1, -0.05) is 19.9 Å². The molecule has 15 heavy (non-hydrogen) atoms. The van der Waals surface area contributed by atoms with Crippen LogP contribution in [0, 0.1) is 5.92 Å². The van der Waals surface area contributed by atoms with Crippen molar-refractivity contribution in [3.05, 3.63) is 25.0 Å². The van der Waals surface area contributed by atoms with Crippen molar-refractivity contribution in [2.75, 3.05) is 11.9 Å². The van der Waals surface area contributed by atoms with Crippen LogP contribution in [-0.2, 0) is 0 Å². The molecule has 1 unspecified atom stereocenters. The van der Waals surface area contributed by atoms with Gasteiger partial charge in [-0.25, -0.2) is 4.98 Å². The van der Waals surface area contributed by atoms with Crippen molar-refractivity contribution in [1.82, 2.24) is 9.55 Å². The first-order valence-corrected chi connectivity index (χ1v) is 5.52. The summed E-state index contributed by atoms with van der Waals surface area (Å²) in [6.07, 6.45) is 6.87. The fourth-order valence-electron chi connectivity index (χ4n) is 1.76. The van der Waals surface area contributed by atoms with E-state index in [1.165, 1.54) is 6.42 Å². The molecule has 1 aromatic heterocycles. The second kappa shape index (κ2) is 5.59. The third kappa shape index (κ3) is 3.42. The SMILES string of the molecule is C=CCNc1nccn1C(C)CC(C)C. The Labute approximate surface area is 92.2 Å². The largest absolute Gasteiger partial charge is 0.352 e. The van der Waals surface area contributed by atoms with Gasteiger partial charge in [0.05, 0.1) is 0 Å². The Morgan fingerprint density at radius 1 is 1.53 bits per heavy atom. The number of aromatic nitrogens is 2. The maximum atomic E-state index is 4.29. The first-order valence-electron chi connectivity index (χ1n) is 5.52. The van der Waals surface area contributed by atoms with Crippen LogP contribution in [0.3, 0.4) is 0 Å². The monoisotopic (exact) mass is 207 g/mol. The normalized spacial score (nSPS) is 12.8. The van der Waals surface area contributed by atoms with Gasteiger partial charge in [0.2, 0.25) is 5.95 Å². The van der Waals surface area contributed by atoms with Crippen LogP contribution < -0.4 is 5.32 Å². The van der Waals surface area contributed by atoms with E-state index in [9.17, 15) is 0 Å². The Hall–Kier alpha value is -1.25. The van der Waals surface area contributed by atoms with Crippen molar-refractivity contribution < 1.29 is 0 Å². The molecule has 1 N–H and O–H groups in total. The maximum absolute atomic E-state index is 4.29. The molecule has 1 atom stereocenters. The van der Waals surface area contributed by atoms with Crippen molar-refractivity contribution in [3.8, 4) is 0 Å². The minimum absolute atomic E-state index is 0.486. The molecule has 0 aliphatic rings. The molecular weight excluding hydrogens is 186 g/mol. The average molecular weight is 207 g/mol. The molecule has 0 aliphatic carbocycles. The van der Waals surface area contributed by atoms with E-state index in [-0.39, 0.29) is 0 Å². The van der Waals surface area contributed by atoms with Crippen LogP contribution in [0.5, 0.6) is 0 Å². The van der Waals surface area contributed by atoms with E-state index in [0.717, 1.165) is 12.5 Å². The number of nitrogens with zero attached hydrogens (tertiary/aromatic N) is 2. The molecular formula is C12H21N3. The van der Waals surface area contributed by atoms with Crippen molar-refractivity contribution in [3.63, 3.8) is 0 Å². The molecule has 0 saturated heterocycles. The van der Waals surface area contributed by atoms with Crippen LogP contribution in [0.1, 0.15) is 33.2 Å². The van der Waals surface area contributed by atoms with Gasteiger partial charge in [-0.3, -0.25) is 0 Å². The van der Waals surface area contributed by atoms with Gasteiger partial charge in [0.15, 0.2) is 0 Å². The smallest absolute Gasteiger partial charge is 0.203 e.